The van der Waals surface area contributed by atoms with E-state index in [4.69, 9.17) is 42.1 Å². The van der Waals surface area contributed by atoms with Crippen molar-refractivity contribution in [2.75, 3.05) is 26.8 Å². The van der Waals surface area contributed by atoms with Crippen LogP contribution in [0.1, 0.15) is 44.9 Å². The molecule has 0 aliphatic carbocycles. The summed E-state index contributed by atoms with van der Waals surface area (Å²) in [5.41, 5.74) is -0.0458. The Morgan fingerprint density at radius 1 is 0.672 bits per heavy atom. The third-order valence-corrected chi connectivity index (χ3v) is 11.2. The molecule has 5 N–H and O–H groups in total. The first-order chi connectivity index (χ1) is 30.4. The van der Waals surface area contributed by atoms with Crippen molar-refractivity contribution in [3.63, 3.8) is 0 Å². The van der Waals surface area contributed by atoms with Gasteiger partial charge in [-0.2, -0.15) is 8.42 Å². The zero-order chi connectivity index (χ0) is 46.3. The number of carbonyl (C=O) groups excluding carboxylic acids is 4. The molecule has 3 aromatic carbocycles. The van der Waals surface area contributed by atoms with Crippen molar-refractivity contribution in [3.05, 3.63) is 108 Å². The summed E-state index contributed by atoms with van der Waals surface area (Å²) in [5.74, 6) is -3.92. The first-order valence-electron chi connectivity index (χ1n) is 20.0. The molecular weight excluding hydrogens is 871 g/mol. The van der Waals surface area contributed by atoms with Crippen LogP contribution in [0.4, 0.5) is 0 Å². The summed E-state index contributed by atoms with van der Waals surface area (Å²) in [6.07, 6.45) is -22.8. The zero-order valence-corrected chi connectivity index (χ0v) is 35.4. The number of benzene rings is 3. The number of aliphatic hydroxyl groups excluding tert-OH is 4. The highest BCUT2D eigenvalue weighted by Crippen LogP contribution is 2.36. The SMILES string of the molecule is CC(=O)O[C@H]1CN(C)[C@H](CO)[C@@H](O[C@@H]2O[C@H](COC(=O)c3ccccc3)[C@H](OC(=O)c3ccccc3)[C@H](OS(=O)(=O)O)[C@H]2OC(=O)c2ccccc2)[C@@H]1O[C@@H]1O[C@@H](C)[C@@H](O)[C@@H](O)[C@@H]1O. The van der Waals surface area contributed by atoms with Crippen molar-refractivity contribution in [2.45, 2.75) is 99.6 Å². The first kappa shape index (κ1) is 48.5. The smallest absolute Gasteiger partial charge is 0.397 e. The van der Waals surface area contributed by atoms with Crippen molar-refractivity contribution in [2.24, 2.45) is 0 Å². The monoisotopic (exact) mass is 919 g/mol. The van der Waals surface area contributed by atoms with Crippen LogP contribution in [-0.4, -0.2) is 175 Å². The average molecular weight is 920 g/mol. The van der Waals surface area contributed by atoms with Crippen molar-refractivity contribution in [1.29, 1.82) is 0 Å². The molecule has 3 aromatic rings. The molecule has 0 saturated carbocycles. The minimum atomic E-state index is -5.56. The molecule has 0 amide bonds. The van der Waals surface area contributed by atoms with Gasteiger partial charge in [0.15, 0.2) is 30.9 Å². The second-order valence-corrected chi connectivity index (χ2v) is 16.2. The highest BCUT2D eigenvalue weighted by molar-refractivity contribution is 7.80. The maximum atomic E-state index is 13.9. The number of esters is 4. The minimum absolute atomic E-state index is 0.0454. The van der Waals surface area contributed by atoms with Crippen molar-refractivity contribution < 1.29 is 94.7 Å². The molecule has 14 atom stereocenters. The molecule has 0 radical (unpaired) electrons. The Morgan fingerprint density at radius 3 is 1.70 bits per heavy atom. The molecule has 21 nitrogen and oxygen atoms in total. The van der Waals surface area contributed by atoms with Crippen molar-refractivity contribution in [3.8, 4) is 0 Å². The highest BCUT2D eigenvalue weighted by Gasteiger charge is 2.57. The Morgan fingerprint density at radius 2 is 1.19 bits per heavy atom. The number of hydrogen-bond donors (Lipinski definition) is 5. The molecule has 3 aliphatic rings. The van der Waals surface area contributed by atoms with Crippen molar-refractivity contribution in [1.82, 2.24) is 4.90 Å². The lowest BCUT2D eigenvalue weighted by Crippen LogP contribution is -2.69. The molecule has 64 heavy (non-hydrogen) atoms. The Kier molecular flexibility index (Phi) is 16.2. The van der Waals surface area contributed by atoms with E-state index in [2.05, 4.69) is 0 Å². The topological polar surface area (TPSA) is 290 Å². The summed E-state index contributed by atoms with van der Waals surface area (Å²) in [6, 6.07) is 21.2. The number of hydrogen-bond acceptors (Lipinski definition) is 20. The molecule has 0 unspecified atom stereocenters. The fourth-order valence-corrected chi connectivity index (χ4v) is 8.02. The third kappa shape index (κ3) is 11.8. The lowest BCUT2D eigenvalue weighted by Gasteiger charge is -2.51. The van der Waals surface area contributed by atoms with Crippen LogP contribution < -0.4 is 0 Å². The Labute approximate surface area is 367 Å². The maximum absolute atomic E-state index is 13.9. The van der Waals surface area contributed by atoms with Gasteiger partial charge in [0.2, 0.25) is 0 Å². The van der Waals surface area contributed by atoms with E-state index in [1.807, 2.05) is 0 Å². The van der Waals surface area contributed by atoms with E-state index in [0.717, 1.165) is 6.92 Å². The summed E-state index contributed by atoms with van der Waals surface area (Å²) in [5, 5.41) is 42.8. The number of nitrogens with zero attached hydrogens (tertiary/aromatic N) is 1. The van der Waals surface area contributed by atoms with Crippen LogP contribution in [0.3, 0.4) is 0 Å². The number of aliphatic hydroxyl groups is 4. The van der Waals surface area contributed by atoms with E-state index in [-0.39, 0.29) is 23.2 Å². The molecule has 3 heterocycles. The summed E-state index contributed by atoms with van der Waals surface area (Å²) < 4.78 is 88.5. The summed E-state index contributed by atoms with van der Waals surface area (Å²) in [6.45, 7) is 0.802. The van der Waals surface area contributed by atoms with Gasteiger partial charge in [-0.25, -0.2) is 18.6 Å². The van der Waals surface area contributed by atoms with Crippen LogP contribution in [0, 0.1) is 0 Å². The quantitative estimate of drug-likeness (QED) is 0.0764. The van der Waals surface area contributed by atoms with Crippen LogP contribution >= 0.6 is 0 Å². The van der Waals surface area contributed by atoms with E-state index in [1.54, 1.807) is 30.3 Å². The Balaban J connectivity index is 1.46. The fraction of sp³-hybridized carbons (Fsp3) is 0.476. The number of piperidine rings is 1. The van der Waals surface area contributed by atoms with Gasteiger partial charge >= 0.3 is 34.3 Å². The third-order valence-electron chi connectivity index (χ3n) is 10.7. The minimum Gasteiger partial charge on any atom is -0.459 e. The van der Waals surface area contributed by atoms with Gasteiger partial charge in [0, 0.05) is 13.5 Å². The van der Waals surface area contributed by atoms with Crippen LogP contribution in [0.15, 0.2) is 91.0 Å². The van der Waals surface area contributed by atoms with Gasteiger partial charge in [-0.1, -0.05) is 54.6 Å². The second-order valence-electron chi connectivity index (χ2n) is 15.2. The molecule has 0 aromatic heterocycles. The lowest BCUT2D eigenvalue weighted by atomic mass is 9.92. The summed E-state index contributed by atoms with van der Waals surface area (Å²) in [4.78, 5) is 54.8. The van der Waals surface area contributed by atoms with E-state index in [1.165, 1.54) is 79.5 Å². The van der Waals surface area contributed by atoms with Gasteiger partial charge < -0.3 is 58.3 Å². The fourth-order valence-electron chi connectivity index (χ4n) is 7.52. The number of likely N-dealkylation sites (N-methyl/N-ethyl adjacent to an activating group) is 1. The van der Waals surface area contributed by atoms with Gasteiger partial charge in [0.25, 0.3) is 0 Å². The standard InChI is InChI=1S/C42H49NO20S/c1-22-30(46)31(47)32(48)41(56-22)62-34-28(57-23(2)45)19-43(3)27(20-44)33(34)61-42-37(60-40(51)26-17-11-6-12-18-26)36(63-64(52,53)54)35(59-39(50)25-15-9-5-10-16-25)29(58-42)21-55-38(49)24-13-7-4-8-14-24/h4-18,22,27-37,41-42,44,46-48H,19-21H2,1-3H3,(H,52,53,54)/t22-,27+,28-,29+,30+,31+,32-,33+,34+,35-,36-,37+,41-,42-/m0/s1. The highest BCUT2D eigenvalue weighted by atomic mass is 32.3. The Bertz CT molecular complexity index is 2150. The van der Waals surface area contributed by atoms with Gasteiger partial charge in [0.05, 0.1) is 35.4 Å². The second kappa shape index (κ2) is 21.4. The summed E-state index contributed by atoms with van der Waals surface area (Å²) >= 11 is 0. The van der Waals surface area contributed by atoms with Gasteiger partial charge in [-0.05, 0) is 50.4 Å². The molecule has 6 rings (SSSR count). The van der Waals surface area contributed by atoms with Gasteiger partial charge in [-0.15, -0.1) is 0 Å². The van der Waals surface area contributed by atoms with Crippen LogP contribution in [0.2, 0.25) is 0 Å². The number of ether oxygens (including phenoxy) is 8. The molecule has 3 fully saturated rings. The largest absolute Gasteiger partial charge is 0.459 e. The van der Waals surface area contributed by atoms with E-state index in [0.29, 0.717) is 0 Å². The number of rotatable bonds is 15. The van der Waals surface area contributed by atoms with E-state index in [9.17, 15) is 52.6 Å². The molecular formula is C42H49NO20S. The van der Waals surface area contributed by atoms with Gasteiger partial charge in [0.1, 0.15) is 49.3 Å². The predicted octanol–water partition coefficient (Wildman–Crippen LogP) is 0.0434. The molecule has 0 bridgehead atoms. The first-order valence-corrected chi connectivity index (χ1v) is 21.4. The van der Waals surface area contributed by atoms with Crippen LogP contribution in [0.25, 0.3) is 0 Å². The van der Waals surface area contributed by atoms with E-state index < -0.39 is 133 Å². The van der Waals surface area contributed by atoms with Crippen molar-refractivity contribution >= 4 is 34.3 Å². The number of likely N-dealkylation sites (tertiary alicyclic amines) is 1. The Hall–Kier alpha value is -4.95. The lowest BCUT2D eigenvalue weighted by molar-refractivity contribution is -0.352. The zero-order valence-electron chi connectivity index (χ0n) is 34.6. The van der Waals surface area contributed by atoms with Gasteiger partial charge in [-0.3, -0.25) is 14.2 Å². The van der Waals surface area contributed by atoms with Crippen LogP contribution in [0.5, 0.6) is 0 Å². The van der Waals surface area contributed by atoms with Crippen LogP contribution in [-0.2, 0) is 57.3 Å². The molecule has 3 aliphatic heterocycles. The molecule has 0 spiro atoms. The normalized spacial score (nSPS) is 32.2. The van der Waals surface area contributed by atoms with E-state index >= 15 is 0 Å². The molecule has 3 saturated heterocycles. The predicted molar refractivity (Wildman–Crippen MR) is 214 cm³/mol. The summed E-state index contributed by atoms with van der Waals surface area (Å²) in [7, 11) is -4.05. The molecule has 348 valence electrons. The number of carbonyl (C=O) groups is 4. The maximum Gasteiger partial charge on any atom is 0.397 e. The average Bonchev–Trinajstić information content (AvgIpc) is 3.27. The molecule has 22 heteroatoms.